The van der Waals surface area contributed by atoms with E-state index >= 15 is 0 Å². The van der Waals surface area contributed by atoms with Crippen LogP contribution in [0.4, 0.5) is 5.69 Å². The molecule has 4 nitrogen and oxygen atoms in total. The summed E-state index contributed by atoms with van der Waals surface area (Å²) in [6.07, 6.45) is 3.09. The van der Waals surface area contributed by atoms with Crippen LogP contribution in [0.15, 0.2) is 35.2 Å². The number of rotatable bonds is 0. The summed E-state index contributed by atoms with van der Waals surface area (Å²) >= 11 is 0. The third-order valence-corrected chi connectivity index (χ3v) is 2.23. The van der Waals surface area contributed by atoms with E-state index < -0.39 is 0 Å². The highest BCUT2D eigenvalue weighted by atomic mass is 16.3. The second-order valence-corrected chi connectivity index (χ2v) is 3.06. The second-order valence-electron chi connectivity index (χ2n) is 3.06. The molecule has 0 aliphatic rings. The fourth-order valence-electron chi connectivity index (χ4n) is 1.59. The number of hydrogen-bond acceptors (Lipinski definition) is 4. The third-order valence-electron chi connectivity index (χ3n) is 2.23. The zero-order valence-electron chi connectivity index (χ0n) is 7.27. The topological polar surface area (TPSA) is 64.9 Å². The predicted molar refractivity (Wildman–Crippen MR) is 53.7 cm³/mol. The van der Waals surface area contributed by atoms with Crippen LogP contribution in [0.2, 0.25) is 0 Å². The number of pyridine rings is 1. The predicted octanol–water partition coefficient (Wildman–Crippen LogP) is 1.96. The summed E-state index contributed by atoms with van der Waals surface area (Å²) in [5, 5.41) is 0.836. The Balaban J connectivity index is 2.67. The fraction of sp³-hybridized carbons (Fsp3) is 0. The number of benzene rings is 1. The van der Waals surface area contributed by atoms with E-state index in [1.807, 2.05) is 12.1 Å². The van der Waals surface area contributed by atoms with Crippen molar-refractivity contribution in [3.63, 3.8) is 0 Å². The van der Waals surface area contributed by atoms with Gasteiger partial charge in [-0.05, 0) is 18.2 Å². The van der Waals surface area contributed by atoms with Crippen molar-refractivity contribution in [2.75, 3.05) is 5.73 Å². The van der Waals surface area contributed by atoms with Crippen molar-refractivity contribution in [1.82, 2.24) is 9.97 Å². The van der Waals surface area contributed by atoms with E-state index in [4.69, 9.17) is 10.2 Å². The SMILES string of the molecule is Nc1ccnc2ccc3ncoc3c12. The van der Waals surface area contributed by atoms with E-state index in [0.717, 1.165) is 16.4 Å². The summed E-state index contributed by atoms with van der Waals surface area (Å²) in [7, 11) is 0. The molecule has 0 radical (unpaired) electrons. The summed E-state index contributed by atoms with van der Waals surface area (Å²) in [5.74, 6) is 0. The molecule has 68 valence electrons. The summed E-state index contributed by atoms with van der Waals surface area (Å²) in [6.45, 7) is 0. The molecule has 0 bridgehead atoms. The Morgan fingerprint density at radius 1 is 1.07 bits per heavy atom. The van der Waals surface area contributed by atoms with Crippen LogP contribution in [0.1, 0.15) is 0 Å². The summed E-state index contributed by atoms with van der Waals surface area (Å²) < 4.78 is 5.28. The molecule has 0 aliphatic carbocycles. The molecule has 0 unspecified atom stereocenters. The number of anilines is 1. The first-order valence-corrected chi connectivity index (χ1v) is 4.22. The molecule has 3 rings (SSSR count). The highest BCUT2D eigenvalue weighted by molar-refractivity contribution is 6.07. The van der Waals surface area contributed by atoms with E-state index in [2.05, 4.69) is 9.97 Å². The number of nitrogens with zero attached hydrogens (tertiary/aromatic N) is 2. The van der Waals surface area contributed by atoms with Crippen LogP contribution in [0.5, 0.6) is 0 Å². The zero-order chi connectivity index (χ0) is 9.54. The van der Waals surface area contributed by atoms with E-state index in [9.17, 15) is 0 Å². The van der Waals surface area contributed by atoms with Gasteiger partial charge in [-0.2, -0.15) is 0 Å². The Morgan fingerprint density at radius 3 is 2.86 bits per heavy atom. The maximum Gasteiger partial charge on any atom is 0.182 e. The van der Waals surface area contributed by atoms with Crippen LogP contribution in [-0.4, -0.2) is 9.97 Å². The lowest BCUT2D eigenvalue weighted by atomic mass is 10.1. The number of oxazole rings is 1. The zero-order valence-corrected chi connectivity index (χ0v) is 7.27. The molecule has 0 fully saturated rings. The monoisotopic (exact) mass is 185 g/mol. The van der Waals surface area contributed by atoms with Gasteiger partial charge >= 0.3 is 0 Å². The van der Waals surface area contributed by atoms with Crippen LogP contribution >= 0.6 is 0 Å². The van der Waals surface area contributed by atoms with Crippen molar-refractivity contribution >= 4 is 27.7 Å². The Morgan fingerprint density at radius 2 is 1.93 bits per heavy atom. The van der Waals surface area contributed by atoms with Crippen molar-refractivity contribution in [3.8, 4) is 0 Å². The fourth-order valence-corrected chi connectivity index (χ4v) is 1.59. The van der Waals surface area contributed by atoms with Crippen LogP contribution in [-0.2, 0) is 0 Å². The van der Waals surface area contributed by atoms with E-state index in [0.29, 0.717) is 11.3 Å². The maximum absolute atomic E-state index is 5.85. The molecular weight excluding hydrogens is 178 g/mol. The quantitative estimate of drug-likeness (QED) is 0.581. The Hall–Kier alpha value is -2.10. The molecule has 4 heteroatoms. The molecule has 0 spiro atoms. The Bertz CT molecular complexity index is 615. The molecule has 0 saturated carbocycles. The minimum Gasteiger partial charge on any atom is -0.443 e. The van der Waals surface area contributed by atoms with Gasteiger partial charge in [0.2, 0.25) is 0 Å². The van der Waals surface area contributed by atoms with Gasteiger partial charge in [-0.25, -0.2) is 4.98 Å². The highest BCUT2D eigenvalue weighted by Gasteiger charge is 2.07. The van der Waals surface area contributed by atoms with Gasteiger partial charge < -0.3 is 10.2 Å². The molecule has 0 atom stereocenters. The van der Waals surface area contributed by atoms with Gasteiger partial charge in [-0.3, -0.25) is 4.98 Å². The molecular formula is C10H7N3O. The van der Waals surface area contributed by atoms with Crippen molar-refractivity contribution in [3.05, 3.63) is 30.8 Å². The van der Waals surface area contributed by atoms with Crippen LogP contribution in [0.3, 0.4) is 0 Å². The van der Waals surface area contributed by atoms with Crippen molar-refractivity contribution in [1.29, 1.82) is 0 Å². The van der Waals surface area contributed by atoms with Gasteiger partial charge in [-0.15, -0.1) is 0 Å². The first kappa shape index (κ1) is 7.32. The largest absolute Gasteiger partial charge is 0.443 e. The number of aromatic nitrogens is 2. The lowest BCUT2D eigenvalue weighted by Gasteiger charge is -1.99. The van der Waals surface area contributed by atoms with Gasteiger partial charge in [-0.1, -0.05) is 0 Å². The van der Waals surface area contributed by atoms with Gasteiger partial charge in [0.1, 0.15) is 5.52 Å². The minimum absolute atomic E-state index is 0.664. The third kappa shape index (κ3) is 0.821. The molecule has 0 amide bonds. The van der Waals surface area contributed by atoms with E-state index in [-0.39, 0.29) is 0 Å². The number of nitrogens with two attached hydrogens (primary N) is 1. The van der Waals surface area contributed by atoms with Crippen molar-refractivity contribution < 1.29 is 4.42 Å². The average Bonchev–Trinajstić information content (AvgIpc) is 2.65. The Labute approximate surface area is 79.4 Å². The average molecular weight is 185 g/mol. The van der Waals surface area contributed by atoms with Gasteiger partial charge in [0.05, 0.1) is 10.9 Å². The first-order chi connectivity index (χ1) is 6.86. The number of nitrogen functional groups attached to an aromatic ring is 1. The summed E-state index contributed by atoms with van der Waals surface area (Å²) in [5.41, 5.74) is 8.85. The maximum atomic E-state index is 5.85. The van der Waals surface area contributed by atoms with E-state index in [1.54, 1.807) is 12.3 Å². The molecule has 2 N–H and O–H groups in total. The Kier molecular flexibility index (Phi) is 1.28. The second kappa shape index (κ2) is 2.45. The molecule has 0 aliphatic heterocycles. The highest BCUT2D eigenvalue weighted by Crippen LogP contribution is 2.27. The number of hydrogen-bond donors (Lipinski definition) is 1. The van der Waals surface area contributed by atoms with Crippen LogP contribution in [0, 0.1) is 0 Å². The van der Waals surface area contributed by atoms with Gasteiger partial charge in [0.25, 0.3) is 0 Å². The van der Waals surface area contributed by atoms with Crippen LogP contribution < -0.4 is 5.73 Å². The molecule has 14 heavy (non-hydrogen) atoms. The smallest absolute Gasteiger partial charge is 0.182 e. The standard InChI is InChI=1S/C10H7N3O/c11-6-3-4-12-7-1-2-8-10(9(6)7)14-5-13-8/h1-5H,(H2,11,12). The lowest BCUT2D eigenvalue weighted by molar-refractivity contribution is 0.605. The molecule has 1 aromatic carbocycles. The number of fused-ring (bicyclic) bond motifs is 3. The summed E-state index contributed by atoms with van der Waals surface area (Å²) in [4.78, 5) is 8.26. The molecule has 2 heterocycles. The lowest BCUT2D eigenvalue weighted by Crippen LogP contribution is -1.88. The molecule has 2 aromatic heterocycles. The van der Waals surface area contributed by atoms with Gasteiger partial charge in [0, 0.05) is 11.9 Å². The molecule has 0 saturated heterocycles. The van der Waals surface area contributed by atoms with Crippen LogP contribution in [0.25, 0.3) is 22.0 Å². The minimum atomic E-state index is 0.664. The van der Waals surface area contributed by atoms with Crippen molar-refractivity contribution in [2.45, 2.75) is 0 Å². The van der Waals surface area contributed by atoms with E-state index in [1.165, 1.54) is 6.39 Å². The first-order valence-electron chi connectivity index (χ1n) is 4.22. The van der Waals surface area contributed by atoms with Crippen molar-refractivity contribution in [2.24, 2.45) is 0 Å². The molecule has 3 aromatic rings. The summed E-state index contributed by atoms with van der Waals surface area (Å²) in [6, 6.07) is 5.51. The normalized spacial score (nSPS) is 11.1. The van der Waals surface area contributed by atoms with Gasteiger partial charge in [0.15, 0.2) is 12.0 Å².